The van der Waals surface area contributed by atoms with Crippen LogP contribution < -0.4 is 0 Å². The van der Waals surface area contributed by atoms with Crippen molar-refractivity contribution in [3.05, 3.63) is 33.3 Å². The number of Topliss-reactive ketones (excluding diaryl/α,β-unsaturated/α-hetero) is 1. The first-order chi connectivity index (χ1) is 7.15. The summed E-state index contributed by atoms with van der Waals surface area (Å²) in [5.74, 6) is 0.187. The molecular formula is C12H14BrClO. The van der Waals surface area contributed by atoms with Gasteiger partial charge in [0.2, 0.25) is 0 Å². The molecule has 0 saturated carbocycles. The van der Waals surface area contributed by atoms with Crippen LogP contribution in [0.1, 0.15) is 43.0 Å². The first kappa shape index (κ1) is 12.7. The Morgan fingerprint density at radius 3 is 2.73 bits per heavy atom. The number of benzene rings is 1. The molecule has 0 atom stereocenters. The van der Waals surface area contributed by atoms with Gasteiger partial charge in [0.1, 0.15) is 0 Å². The van der Waals surface area contributed by atoms with Gasteiger partial charge < -0.3 is 0 Å². The molecule has 0 spiro atoms. The Balaban J connectivity index is 2.65. The third-order valence-corrected chi connectivity index (χ3v) is 3.13. The maximum absolute atomic E-state index is 11.8. The highest BCUT2D eigenvalue weighted by atomic mass is 79.9. The number of rotatable bonds is 5. The van der Waals surface area contributed by atoms with Crippen molar-refractivity contribution < 1.29 is 4.79 Å². The van der Waals surface area contributed by atoms with Crippen LogP contribution in [0, 0.1) is 0 Å². The van der Waals surface area contributed by atoms with Gasteiger partial charge in [0.25, 0.3) is 0 Å². The summed E-state index contributed by atoms with van der Waals surface area (Å²) in [6.45, 7) is 2.13. The van der Waals surface area contributed by atoms with E-state index in [1.807, 2.05) is 0 Å². The molecule has 0 aliphatic carbocycles. The summed E-state index contributed by atoms with van der Waals surface area (Å²) in [6.07, 6.45) is 3.82. The first-order valence-corrected chi connectivity index (χ1v) is 6.30. The third kappa shape index (κ3) is 3.96. The molecule has 0 N–H and O–H groups in total. The van der Waals surface area contributed by atoms with Crippen LogP contribution in [0.15, 0.2) is 22.7 Å². The number of hydrogen-bond donors (Lipinski definition) is 0. The smallest absolute Gasteiger partial charge is 0.164 e. The van der Waals surface area contributed by atoms with Crippen molar-refractivity contribution in [1.29, 1.82) is 0 Å². The van der Waals surface area contributed by atoms with E-state index in [2.05, 4.69) is 22.9 Å². The first-order valence-electron chi connectivity index (χ1n) is 5.13. The van der Waals surface area contributed by atoms with Gasteiger partial charge in [-0.1, -0.05) is 31.4 Å². The Bertz CT molecular complexity index is 349. The molecule has 0 radical (unpaired) electrons. The molecule has 1 aromatic rings. The minimum Gasteiger partial charge on any atom is -0.294 e. The van der Waals surface area contributed by atoms with Gasteiger partial charge in [-0.3, -0.25) is 4.79 Å². The topological polar surface area (TPSA) is 17.1 Å². The molecule has 0 amide bonds. The predicted molar refractivity (Wildman–Crippen MR) is 67.6 cm³/mol. The molecule has 0 unspecified atom stereocenters. The SMILES string of the molecule is CCCCCC(=O)c1ccc(Cl)cc1Br. The van der Waals surface area contributed by atoms with Crippen LogP contribution in [-0.2, 0) is 0 Å². The zero-order valence-corrected chi connectivity index (χ0v) is 11.1. The molecule has 1 aromatic carbocycles. The lowest BCUT2D eigenvalue weighted by Crippen LogP contribution is -1.99. The highest BCUT2D eigenvalue weighted by Gasteiger charge is 2.09. The fraction of sp³-hybridized carbons (Fsp3) is 0.417. The van der Waals surface area contributed by atoms with Crippen LogP contribution in [0.4, 0.5) is 0 Å². The predicted octanol–water partition coefficient (Wildman–Crippen LogP) is 4.87. The van der Waals surface area contributed by atoms with Gasteiger partial charge in [-0.2, -0.15) is 0 Å². The lowest BCUT2D eigenvalue weighted by molar-refractivity contribution is 0.0978. The Morgan fingerprint density at radius 2 is 2.13 bits per heavy atom. The summed E-state index contributed by atoms with van der Waals surface area (Å²) in [5.41, 5.74) is 0.732. The molecule has 0 aromatic heterocycles. The molecule has 15 heavy (non-hydrogen) atoms. The highest BCUT2D eigenvalue weighted by molar-refractivity contribution is 9.10. The van der Waals surface area contributed by atoms with E-state index >= 15 is 0 Å². The minimum absolute atomic E-state index is 0.187. The molecule has 1 rings (SSSR count). The van der Waals surface area contributed by atoms with Gasteiger partial charge in [-0.15, -0.1) is 0 Å². The number of halogens is 2. The maximum atomic E-state index is 11.8. The Labute approximate surface area is 104 Å². The van der Waals surface area contributed by atoms with Crippen LogP contribution in [0.25, 0.3) is 0 Å². The third-order valence-electron chi connectivity index (χ3n) is 2.24. The molecule has 1 nitrogen and oxygen atoms in total. The van der Waals surface area contributed by atoms with E-state index in [4.69, 9.17) is 11.6 Å². The van der Waals surface area contributed by atoms with Gasteiger partial charge in [-0.05, 0) is 40.5 Å². The van der Waals surface area contributed by atoms with Crippen molar-refractivity contribution in [2.45, 2.75) is 32.6 Å². The molecule has 3 heteroatoms. The number of hydrogen-bond acceptors (Lipinski definition) is 1. The zero-order chi connectivity index (χ0) is 11.3. The van der Waals surface area contributed by atoms with E-state index in [-0.39, 0.29) is 5.78 Å². The molecular weight excluding hydrogens is 275 g/mol. The lowest BCUT2D eigenvalue weighted by atomic mass is 10.1. The molecule has 0 heterocycles. The summed E-state index contributed by atoms with van der Waals surface area (Å²) < 4.78 is 0.788. The van der Waals surface area contributed by atoms with Gasteiger partial charge in [0.05, 0.1) is 0 Å². The zero-order valence-electron chi connectivity index (χ0n) is 8.72. The van der Waals surface area contributed by atoms with Crippen LogP contribution in [-0.4, -0.2) is 5.78 Å². The summed E-state index contributed by atoms with van der Waals surface area (Å²) in [5, 5.41) is 0.645. The quantitative estimate of drug-likeness (QED) is 0.558. The second-order valence-corrected chi connectivity index (χ2v) is 4.80. The summed E-state index contributed by atoms with van der Waals surface area (Å²) in [6, 6.07) is 5.29. The fourth-order valence-electron chi connectivity index (χ4n) is 1.39. The number of carbonyl (C=O) groups excluding carboxylic acids is 1. The molecule has 0 bridgehead atoms. The van der Waals surface area contributed by atoms with Crippen LogP contribution in [0.5, 0.6) is 0 Å². The second-order valence-electron chi connectivity index (χ2n) is 3.50. The molecule has 0 aliphatic heterocycles. The minimum atomic E-state index is 0.187. The second kappa shape index (κ2) is 6.29. The summed E-state index contributed by atoms with van der Waals surface area (Å²) in [4.78, 5) is 11.8. The normalized spacial score (nSPS) is 10.3. The van der Waals surface area contributed by atoms with Crippen molar-refractivity contribution in [1.82, 2.24) is 0 Å². The van der Waals surface area contributed by atoms with Crippen LogP contribution in [0.3, 0.4) is 0 Å². The maximum Gasteiger partial charge on any atom is 0.164 e. The van der Waals surface area contributed by atoms with Gasteiger partial charge in [-0.25, -0.2) is 0 Å². The van der Waals surface area contributed by atoms with Crippen molar-refractivity contribution >= 4 is 33.3 Å². The number of unbranched alkanes of at least 4 members (excludes halogenated alkanes) is 2. The average molecular weight is 290 g/mol. The van der Waals surface area contributed by atoms with E-state index in [0.29, 0.717) is 11.4 Å². The van der Waals surface area contributed by atoms with Gasteiger partial charge in [0.15, 0.2) is 5.78 Å². The van der Waals surface area contributed by atoms with Crippen LogP contribution in [0.2, 0.25) is 5.02 Å². The summed E-state index contributed by atoms with van der Waals surface area (Å²) in [7, 11) is 0. The van der Waals surface area contributed by atoms with E-state index in [0.717, 1.165) is 29.3 Å². The van der Waals surface area contributed by atoms with E-state index in [9.17, 15) is 4.79 Å². The Morgan fingerprint density at radius 1 is 1.40 bits per heavy atom. The van der Waals surface area contributed by atoms with E-state index in [1.54, 1.807) is 18.2 Å². The molecule has 0 fully saturated rings. The van der Waals surface area contributed by atoms with Crippen molar-refractivity contribution in [2.24, 2.45) is 0 Å². The number of carbonyl (C=O) groups is 1. The largest absolute Gasteiger partial charge is 0.294 e. The number of ketones is 1. The highest BCUT2D eigenvalue weighted by Crippen LogP contribution is 2.23. The molecule has 82 valence electrons. The van der Waals surface area contributed by atoms with Crippen molar-refractivity contribution in [3.63, 3.8) is 0 Å². The monoisotopic (exact) mass is 288 g/mol. The van der Waals surface area contributed by atoms with E-state index < -0.39 is 0 Å². The van der Waals surface area contributed by atoms with Crippen molar-refractivity contribution in [2.75, 3.05) is 0 Å². The summed E-state index contributed by atoms with van der Waals surface area (Å²) >= 11 is 9.16. The average Bonchev–Trinajstić information content (AvgIpc) is 2.17. The standard InChI is InChI=1S/C12H14BrClO/c1-2-3-4-5-12(15)10-7-6-9(14)8-11(10)13/h6-8H,2-5H2,1H3. The lowest BCUT2D eigenvalue weighted by Gasteiger charge is -2.03. The molecule has 0 aliphatic rings. The van der Waals surface area contributed by atoms with Gasteiger partial charge in [0, 0.05) is 21.5 Å². The Hall–Kier alpha value is -0.340. The fourth-order valence-corrected chi connectivity index (χ4v) is 2.29. The Kier molecular flexibility index (Phi) is 5.34. The van der Waals surface area contributed by atoms with Crippen molar-refractivity contribution in [3.8, 4) is 0 Å². The van der Waals surface area contributed by atoms with Crippen LogP contribution >= 0.6 is 27.5 Å². The van der Waals surface area contributed by atoms with E-state index in [1.165, 1.54) is 0 Å². The van der Waals surface area contributed by atoms with Gasteiger partial charge >= 0.3 is 0 Å². The molecule has 0 saturated heterocycles.